The number of amides is 1. The lowest BCUT2D eigenvalue weighted by Crippen LogP contribution is -2.09. The lowest BCUT2D eigenvalue weighted by atomic mass is 10.0. The van der Waals surface area contributed by atoms with E-state index in [4.69, 9.17) is 0 Å². The van der Waals surface area contributed by atoms with Gasteiger partial charge >= 0.3 is 0 Å². The largest absolute Gasteiger partial charge is 0.321 e. The first kappa shape index (κ1) is 16.9. The summed E-state index contributed by atoms with van der Waals surface area (Å²) in [5.41, 5.74) is 4.74. The highest BCUT2D eigenvalue weighted by Gasteiger charge is 2.06. The molecule has 5 nitrogen and oxygen atoms in total. The number of hydrogen-bond donors (Lipinski definition) is 1. The molecule has 3 aromatic rings. The number of aryl methyl sites for hydroxylation is 2. The fraction of sp³-hybridized carbons (Fsp3) is 0.250. The topological polar surface area (TPSA) is 59.3 Å². The third kappa shape index (κ3) is 3.94. The van der Waals surface area contributed by atoms with E-state index in [-0.39, 0.29) is 5.91 Å². The molecule has 1 N–H and O–H groups in total. The van der Waals surface area contributed by atoms with Crippen molar-refractivity contribution in [3.63, 3.8) is 0 Å². The van der Waals surface area contributed by atoms with E-state index in [2.05, 4.69) is 41.4 Å². The quantitative estimate of drug-likeness (QED) is 0.730. The number of rotatable bonds is 4. The summed E-state index contributed by atoms with van der Waals surface area (Å²) in [5.74, 6) is 1.03. The Morgan fingerprint density at radius 1 is 1.20 bits per heavy atom. The zero-order valence-electron chi connectivity index (χ0n) is 14.9. The Bertz CT molecular complexity index is 936. The first-order valence-electron chi connectivity index (χ1n) is 8.35. The lowest BCUT2D eigenvalue weighted by Gasteiger charge is -2.05. The van der Waals surface area contributed by atoms with Crippen molar-refractivity contribution in [2.75, 3.05) is 5.32 Å². The molecule has 0 unspecified atom stereocenters. The highest BCUT2D eigenvalue weighted by atomic mass is 16.1. The van der Waals surface area contributed by atoms with Crippen LogP contribution in [0.4, 0.5) is 5.69 Å². The molecule has 128 valence electrons. The summed E-state index contributed by atoms with van der Waals surface area (Å²) in [6.07, 6.45) is 5.12. The van der Waals surface area contributed by atoms with Crippen molar-refractivity contribution >= 4 is 23.3 Å². The summed E-state index contributed by atoms with van der Waals surface area (Å²) in [4.78, 5) is 16.5. The molecule has 2 heterocycles. The standard InChI is InChI=1S/C20H22N4O/c1-13(2)17-8-5-16(6-9-17)7-10-19(25)22-18-11-14(3)20-21-15(4)23-24(20)12-18/h5-13H,1-4H3,(H,22,25)/b10-7+. The second-order valence-electron chi connectivity index (χ2n) is 6.48. The Morgan fingerprint density at radius 2 is 1.92 bits per heavy atom. The third-order valence-electron chi connectivity index (χ3n) is 4.02. The molecule has 1 amide bonds. The van der Waals surface area contributed by atoms with Gasteiger partial charge in [0.25, 0.3) is 0 Å². The Morgan fingerprint density at radius 3 is 2.60 bits per heavy atom. The number of fused-ring (bicyclic) bond motifs is 1. The summed E-state index contributed by atoms with van der Waals surface area (Å²) in [5, 5.41) is 7.16. The number of nitrogens with one attached hydrogen (secondary N) is 1. The minimum absolute atomic E-state index is 0.177. The number of anilines is 1. The van der Waals surface area contributed by atoms with Crippen molar-refractivity contribution in [2.45, 2.75) is 33.6 Å². The first-order valence-corrected chi connectivity index (χ1v) is 8.35. The molecule has 0 aliphatic heterocycles. The van der Waals surface area contributed by atoms with Gasteiger partial charge in [-0.05, 0) is 48.6 Å². The van der Waals surface area contributed by atoms with Crippen molar-refractivity contribution in [3.8, 4) is 0 Å². The van der Waals surface area contributed by atoms with Crippen LogP contribution in [0.1, 0.15) is 42.3 Å². The summed E-state index contributed by atoms with van der Waals surface area (Å²) in [6.45, 7) is 8.12. The van der Waals surface area contributed by atoms with Gasteiger partial charge in [0.2, 0.25) is 5.91 Å². The monoisotopic (exact) mass is 334 g/mol. The number of carbonyl (C=O) groups excluding carboxylic acids is 1. The molecule has 0 atom stereocenters. The zero-order chi connectivity index (χ0) is 18.0. The average molecular weight is 334 g/mol. The number of pyridine rings is 1. The minimum atomic E-state index is -0.177. The van der Waals surface area contributed by atoms with Gasteiger partial charge in [-0.3, -0.25) is 4.79 Å². The first-order chi connectivity index (χ1) is 11.9. The molecule has 0 aliphatic rings. The maximum absolute atomic E-state index is 12.2. The molecule has 25 heavy (non-hydrogen) atoms. The Balaban J connectivity index is 1.71. The van der Waals surface area contributed by atoms with Crippen molar-refractivity contribution in [1.82, 2.24) is 14.6 Å². The zero-order valence-corrected chi connectivity index (χ0v) is 14.9. The van der Waals surface area contributed by atoms with Gasteiger partial charge in [-0.15, -0.1) is 0 Å². The van der Waals surface area contributed by atoms with Gasteiger partial charge in [0.15, 0.2) is 5.65 Å². The second-order valence-corrected chi connectivity index (χ2v) is 6.48. The number of hydrogen-bond acceptors (Lipinski definition) is 3. The lowest BCUT2D eigenvalue weighted by molar-refractivity contribution is -0.111. The molecular weight excluding hydrogens is 312 g/mol. The molecule has 2 aromatic heterocycles. The van der Waals surface area contributed by atoms with Gasteiger partial charge in [0.1, 0.15) is 5.82 Å². The van der Waals surface area contributed by atoms with Crippen LogP contribution in [0.5, 0.6) is 0 Å². The maximum Gasteiger partial charge on any atom is 0.248 e. The highest BCUT2D eigenvalue weighted by Crippen LogP contribution is 2.16. The smallest absolute Gasteiger partial charge is 0.248 e. The molecule has 0 saturated heterocycles. The van der Waals surface area contributed by atoms with E-state index in [9.17, 15) is 4.79 Å². The number of aromatic nitrogens is 3. The predicted molar refractivity (Wildman–Crippen MR) is 101 cm³/mol. The Kier molecular flexibility index (Phi) is 4.65. The summed E-state index contributed by atoms with van der Waals surface area (Å²) in [7, 11) is 0. The number of benzene rings is 1. The van der Waals surface area contributed by atoms with Crippen LogP contribution in [0.2, 0.25) is 0 Å². The van der Waals surface area contributed by atoms with Crippen molar-refractivity contribution in [1.29, 1.82) is 0 Å². The number of carbonyl (C=O) groups is 1. The molecule has 0 fully saturated rings. The van der Waals surface area contributed by atoms with Gasteiger partial charge in [0, 0.05) is 6.08 Å². The van der Waals surface area contributed by atoms with E-state index >= 15 is 0 Å². The van der Waals surface area contributed by atoms with E-state index in [0.29, 0.717) is 17.4 Å². The van der Waals surface area contributed by atoms with E-state index in [0.717, 1.165) is 16.8 Å². The van der Waals surface area contributed by atoms with Crippen molar-refractivity contribution in [3.05, 3.63) is 65.1 Å². The van der Waals surface area contributed by atoms with Crippen LogP contribution in [0, 0.1) is 13.8 Å². The molecule has 0 saturated carbocycles. The van der Waals surface area contributed by atoms with Crippen molar-refractivity contribution < 1.29 is 4.79 Å². The van der Waals surface area contributed by atoms with E-state index in [1.54, 1.807) is 10.7 Å². The summed E-state index contributed by atoms with van der Waals surface area (Å²) >= 11 is 0. The van der Waals surface area contributed by atoms with E-state index < -0.39 is 0 Å². The molecule has 0 radical (unpaired) electrons. The third-order valence-corrected chi connectivity index (χ3v) is 4.02. The van der Waals surface area contributed by atoms with Gasteiger partial charge in [0.05, 0.1) is 11.9 Å². The normalized spacial score (nSPS) is 11.6. The predicted octanol–water partition coefficient (Wildman–Crippen LogP) is 4.12. The molecule has 0 bridgehead atoms. The van der Waals surface area contributed by atoms with Gasteiger partial charge in [-0.2, -0.15) is 5.10 Å². The van der Waals surface area contributed by atoms with Crippen molar-refractivity contribution in [2.24, 2.45) is 0 Å². The SMILES string of the molecule is Cc1nc2c(C)cc(NC(=O)/C=C/c3ccc(C(C)C)cc3)cn2n1. The van der Waals surface area contributed by atoms with Crippen LogP contribution >= 0.6 is 0 Å². The molecule has 0 spiro atoms. The van der Waals surface area contributed by atoms with E-state index in [1.165, 1.54) is 11.6 Å². The molecule has 1 aromatic carbocycles. The van der Waals surface area contributed by atoms with Crippen LogP contribution in [0.15, 0.2) is 42.6 Å². The van der Waals surface area contributed by atoms with Gasteiger partial charge in [-0.25, -0.2) is 9.50 Å². The van der Waals surface area contributed by atoms with E-state index in [1.807, 2.05) is 38.1 Å². The molecular formula is C20H22N4O. The van der Waals surface area contributed by atoms with Crippen LogP contribution in [-0.4, -0.2) is 20.5 Å². The fourth-order valence-electron chi connectivity index (χ4n) is 2.67. The number of nitrogens with zero attached hydrogens (tertiary/aromatic N) is 3. The van der Waals surface area contributed by atoms with Crippen LogP contribution in [0.3, 0.4) is 0 Å². The fourth-order valence-corrected chi connectivity index (χ4v) is 2.67. The van der Waals surface area contributed by atoms with Crippen LogP contribution < -0.4 is 5.32 Å². The van der Waals surface area contributed by atoms with Gasteiger partial charge < -0.3 is 5.32 Å². The minimum Gasteiger partial charge on any atom is -0.321 e. The average Bonchev–Trinajstić information content (AvgIpc) is 2.94. The van der Waals surface area contributed by atoms with Gasteiger partial charge in [-0.1, -0.05) is 38.1 Å². The van der Waals surface area contributed by atoms with Crippen LogP contribution in [0.25, 0.3) is 11.7 Å². The Labute approximate surface area is 147 Å². The molecule has 5 heteroatoms. The summed E-state index contributed by atoms with van der Waals surface area (Å²) < 4.78 is 1.69. The van der Waals surface area contributed by atoms with Crippen LogP contribution in [-0.2, 0) is 4.79 Å². The second kappa shape index (κ2) is 6.89. The Hall–Kier alpha value is -2.95. The molecule has 3 rings (SSSR count). The summed E-state index contributed by atoms with van der Waals surface area (Å²) in [6, 6.07) is 10.1. The highest BCUT2D eigenvalue weighted by molar-refractivity contribution is 6.02. The molecule has 0 aliphatic carbocycles. The maximum atomic E-state index is 12.2.